The lowest BCUT2D eigenvalue weighted by Crippen LogP contribution is -2.35. The van der Waals surface area contributed by atoms with Crippen LogP contribution in [0, 0.1) is 0 Å². The number of carboxylic acid groups (broad SMARTS) is 1. The monoisotopic (exact) mass is 294 g/mol. The number of benzene rings is 1. The van der Waals surface area contributed by atoms with Gasteiger partial charge in [0.25, 0.3) is 0 Å². The number of hydrogen-bond donors (Lipinski definition) is 3. The topological polar surface area (TPSA) is 96.9 Å². The van der Waals surface area contributed by atoms with Crippen LogP contribution in [0.2, 0.25) is 0 Å². The maximum absolute atomic E-state index is 11.7. The molecule has 21 heavy (non-hydrogen) atoms. The van der Waals surface area contributed by atoms with Gasteiger partial charge in [0.2, 0.25) is 0 Å². The van der Waals surface area contributed by atoms with E-state index in [2.05, 4.69) is 10.6 Å². The fourth-order valence-electron chi connectivity index (χ4n) is 2.09. The Bertz CT molecular complexity index is 503. The molecule has 2 rings (SSSR count). The summed E-state index contributed by atoms with van der Waals surface area (Å²) in [5.74, 6) is -0.250. The van der Waals surface area contributed by atoms with Gasteiger partial charge in [-0.1, -0.05) is 0 Å². The minimum atomic E-state index is -0.958. The van der Waals surface area contributed by atoms with Gasteiger partial charge in [-0.2, -0.15) is 0 Å². The van der Waals surface area contributed by atoms with Gasteiger partial charge in [-0.3, -0.25) is 0 Å². The molecule has 2 atom stereocenters. The first-order valence-electron chi connectivity index (χ1n) is 6.65. The molecule has 2 unspecified atom stereocenters. The van der Waals surface area contributed by atoms with Crippen molar-refractivity contribution in [1.29, 1.82) is 0 Å². The number of rotatable bonds is 5. The van der Waals surface area contributed by atoms with Crippen molar-refractivity contribution in [2.24, 2.45) is 0 Å². The Morgan fingerprint density at radius 1 is 1.33 bits per heavy atom. The fourth-order valence-corrected chi connectivity index (χ4v) is 2.09. The van der Waals surface area contributed by atoms with Crippen LogP contribution in [0.1, 0.15) is 12.8 Å². The molecular formula is C14H18N2O5. The fraction of sp³-hybridized carbons (Fsp3) is 0.429. The Balaban J connectivity index is 1.73. The first-order valence-corrected chi connectivity index (χ1v) is 6.65. The van der Waals surface area contributed by atoms with Gasteiger partial charge >= 0.3 is 12.0 Å². The molecule has 0 saturated carbocycles. The van der Waals surface area contributed by atoms with E-state index >= 15 is 0 Å². The van der Waals surface area contributed by atoms with Gasteiger partial charge in [0.05, 0.1) is 13.2 Å². The molecule has 1 aliphatic rings. The number of nitrogens with one attached hydrogen (secondary N) is 2. The molecule has 1 aromatic carbocycles. The van der Waals surface area contributed by atoms with Gasteiger partial charge in [0.15, 0.2) is 6.10 Å². The number of carboxylic acids is 1. The lowest BCUT2D eigenvalue weighted by molar-refractivity contribution is -0.149. The molecule has 7 heteroatoms. The normalized spacial score (nSPS) is 20.8. The van der Waals surface area contributed by atoms with Gasteiger partial charge in [-0.15, -0.1) is 0 Å². The highest BCUT2D eigenvalue weighted by molar-refractivity contribution is 5.89. The second-order valence-corrected chi connectivity index (χ2v) is 4.73. The summed E-state index contributed by atoms with van der Waals surface area (Å²) in [5.41, 5.74) is 0.643. The molecule has 0 spiro atoms. The van der Waals surface area contributed by atoms with E-state index in [-0.39, 0.29) is 18.7 Å². The first-order chi connectivity index (χ1) is 10.1. The maximum Gasteiger partial charge on any atom is 0.332 e. The van der Waals surface area contributed by atoms with Gasteiger partial charge < -0.3 is 25.2 Å². The van der Waals surface area contributed by atoms with Crippen molar-refractivity contribution in [3.8, 4) is 5.75 Å². The molecular weight excluding hydrogens is 276 g/mol. The van der Waals surface area contributed by atoms with Crippen molar-refractivity contribution in [2.45, 2.75) is 25.0 Å². The van der Waals surface area contributed by atoms with Gasteiger partial charge in [0.1, 0.15) is 5.75 Å². The Morgan fingerprint density at radius 3 is 2.62 bits per heavy atom. The van der Waals surface area contributed by atoms with Crippen LogP contribution >= 0.6 is 0 Å². The van der Waals surface area contributed by atoms with Crippen molar-refractivity contribution >= 4 is 17.7 Å². The highest BCUT2D eigenvalue weighted by Gasteiger charge is 2.30. The average molecular weight is 294 g/mol. The molecule has 3 N–H and O–H groups in total. The standard InChI is InChI=1S/C14H18N2O5/c1-20-10-4-2-9(3-5-10)16-14(19)15-8-11-6-7-12(21-11)13(17)18/h2-5,11-12H,6-8H2,1H3,(H,17,18)(H2,15,16,19). The summed E-state index contributed by atoms with van der Waals surface area (Å²) in [5, 5.41) is 14.1. The number of methoxy groups -OCH3 is 1. The molecule has 114 valence electrons. The lowest BCUT2D eigenvalue weighted by Gasteiger charge is -2.13. The number of carbonyl (C=O) groups excluding carboxylic acids is 1. The van der Waals surface area contributed by atoms with E-state index in [9.17, 15) is 9.59 Å². The Kier molecular flexibility index (Phi) is 4.99. The minimum absolute atomic E-state index is 0.257. The lowest BCUT2D eigenvalue weighted by atomic mass is 10.2. The summed E-state index contributed by atoms with van der Waals surface area (Å²) in [4.78, 5) is 22.5. The van der Waals surface area contributed by atoms with Gasteiger partial charge in [0, 0.05) is 12.2 Å². The quantitative estimate of drug-likeness (QED) is 0.763. The van der Waals surface area contributed by atoms with Crippen LogP contribution in [-0.4, -0.2) is 43.0 Å². The maximum atomic E-state index is 11.7. The van der Waals surface area contributed by atoms with E-state index in [4.69, 9.17) is 14.6 Å². The largest absolute Gasteiger partial charge is 0.497 e. The van der Waals surface area contributed by atoms with E-state index < -0.39 is 12.1 Å². The van der Waals surface area contributed by atoms with Crippen LogP contribution in [0.5, 0.6) is 5.75 Å². The van der Waals surface area contributed by atoms with E-state index in [1.54, 1.807) is 31.4 Å². The molecule has 1 heterocycles. The van der Waals surface area contributed by atoms with E-state index in [1.165, 1.54) is 0 Å². The van der Waals surface area contributed by atoms with Crippen LogP contribution in [-0.2, 0) is 9.53 Å². The SMILES string of the molecule is COc1ccc(NC(=O)NCC2CCC(C(=O)O)O2)cc1. The zero-order chi connectivity index (χ0) is 15.2. The number of aliphatic carboxylic acids is 1. The number of urea groups is 1. The third kappa shape index (κ3) is 4.35. The summed E-state index contributed by atoms with van der Waals surface area (Å²) in [6.45, 7) is 0.284. The minimum Gasteiger partial charge on any atom is -0.497 e. The summed E-state index contributed by atoms with van der Waals surface area (Å²) in [7, 11) is 1.57. The van der Waals surface area contributed by atoms with Gasteiger partial charge in [-0.25, -0.2) is 9.59 Å². The van der Waals surface area contributed by atoms with Crippen LogP contribution in [0.4, 0.5) is 10.5 Å². The van der Waals surface area contributed by atoms with Crippen LogP contribution < -0.4 is 15.4 Å². The van der Waals surface area contributed by atoms with E-state index in [0.29, 0.717) is 24.3 Å². The molecule has 1 saturated heterocycles. The van der Waals surface area contributed by atoms with Crippen molar-refractivity contribution in [3.05, 3.63) is 24.3 Å². The predicted octanol–water partition coefficient (Wildman–Crippen LogP) is 1.45. The highest BCUT2D eigenvalue weighted by Crippen LogP contribution is 2.19. The number of carbonyl (C=O) groups is 2. The molecule has 0 aliphatic carbocycles. The third-order valence-electron chi connectivity index (χ3n) is 3.22. The molecule has 0 aromatic heterocycles. The first kappa shape index (κ1) is 15.1. The van der Waals surface area contributed by atoms with E-state index in [0.717, 1.165) is 0 Å². The number of anilines is 1. The molecule has 0 bridgehead atoms. The summed E-state index contributed by atoms with van der Waals surface area (Å²) < 4.78 is 10.3. The highest BCUT2D eigenvalue weighted by atomic mass is 16.5. The van der Waals surface area contributed by atoms with Crippen LogP contribution in [0.3, 0.4) is 0 Å². The van der Waals surface area contributed by atoms with Crippen molar-refractivity contribution < 1.29 is 24.2 Å². The van der Waals surface area contributed by atoms with Gasteiger partial charge in [-0.05, 0) is 37.1 Å². The number of ether oxygens (including phenoxy) is 2. The molecule has 1 fully saturated rings. The smallest absolute Gasteiger partial charge is 0.332 e. The van der Waals surface area contributed by atoms with Crippen molar-refractivity contribution in [1.82, 2.24) is 5.32 Å². The second kappa shape index (κ2) is 6.94. The number of hydrogen-bond acceptors (Lipinski definition) is 4. The summed E-state index contributed by atoms with van der Waals surface area (Å²) in [6, 6.07) is 6.58. The van der Waals surface area contributed by atoms with Crippen molar-refractivity contribution in [2.75, 3.05) is 19.0 Å². The van der Waals surface area contributed by atoms with Crippen molar-refractivity contribution in [3.63, 3.8) is 0 Å². The molecule has 1 aromatic rings. The predicted molar refractivity (Wildman–Crippen MR) is 75.5 cm³/mol. The zero-order valence-corrected chi connectivity index (χ0v) is 11.7. The Hall–Kier alpha value is -2.28. The summed E-state index contributed by atoms with van der Waals surface area (Å²) in [6.07, 6.45) is 0.0795. The second-order valence-electron chi connectivity index (χ2n) is 4.73. The number of amides is 2. The Morgan fingerprint density at radius 2 is 2.05 bits per heavy atom. The van der Waals surface area contributed by atoms with E-state index in [1.807, 2.05) is 0 Å². The van der Waals surface area contributed by atoms with Crippen LogP contribution in [0.25, 0.3) is 0 Å². The average Bonchev–Trinajstić information content (AvgIpc) is 2.95. The molecule has 7 nitrogen and oxygen atoms in total. The summed E-state index contributed by atoms with van der Waals surface area (Å²) >= 11 is 0. The third-order valence-corrected chi connectivity index (χ3v) is 3.22. The molecule has 2 amide bonds. The molecule has 1 aliphatic heterocycles. The van der Waals surface area contributed by atoms with Crippen LogP contribution in [0.15, 0.2) is 24.3 Å². The Labute approximate surface area is 122 Å². The zero-order valence-electron chi connectivity index (χ0n) is 11.7. The molecule has 0 radical (unpaired) electrons.